The van der Waals surface area contributed by atoms with Crippen LogP contribution in [-0.2, 0) is 17.8 Å². The zero-order chi connectivity index (χ0) is 16.8. The molecular weight excluding hydrogens is 300 g/mol. The van der Waals surface area contributed by atoms with Crippen molar-refractivity contribution in [1.82, 2.24) is 14.8 Å². The summed E-state index contributed by atoms with van der Waals surface area (Å²) in [5.41, 5.74) is 1.74. The van der Waals surface area contributed by atoms with Crippen LogP contribution in [-0.4, -0.2) is 20.7 Å². The number of carbonyl (C=O) groups excluding carboxylic acids is 1. The lowest BCUT2D eigenvalue weighted by molar-refractivity contribution is -0.111. The largest absolute Gasteiger partial charge is 0.322 e. The van der Waals surface area contributed by atoms with Gasteiger partial charge in [-0.2, -0.15) is 0 Å². The molecular formula is C19H22N4O. The molecule has 0 saturated carbocycles. The number of anilines is 1. The van der Waals surface area contributed by atoms with Crippen molar-refractivity contribution in [1.29, 1.82) is 0 Å². The second kappa shape index (κ2) is 7.73. The van der Waals surface area contributed by atoms with Crippen LogP contribution in [0.3, 0.4) is 0 Å². The van der Waals surface area contributed by atoms with Gasteiger partial charge in [-0.05, 0) is 31.9 Å². The quantitative estimate of drug-likeness (QED) is 0.689. The Morgan fingerprint density at radius 3 is 3.00 bits per heavy atom. The highest BCUT2D eigenvalue weighted by Gasteiger charge is 2.16. The Morgan fingerprint density at radius 1 is 1.21 bits per heavy atom. The van der Waals surface area contributed by atoms with E-state index >= 15 is 0 Å². The molecule has 1 amide bonds. The lowest BCUT2D eigenvalue weighted by Crippen LogP contribution is -2.08. The Balaban J connectivity index is 1.81. The van der Waals surface area contributed by atoms with E-state index in [9.17, 15) is 4.79 Å². The van der Waals surface area contributed by atoms with E-state index in [-0.39, 0.29) is 5.91 Å². The minimum atomic E-state index is -0.148. The molecule has 0 fully saturated rings. The summed E-state index contributed by atoms with van der Waals surface area (Å²) < 4.78 is 2.21. The second-order valence-electron chi connectivity index (χ2n) is 5.86. The number of amides is 1. The van der Waals surface area contributed by atoms with Crippen molar-refractivity contribution in [3.8, 4) is 11.4 Å². The van der Waals surface area contributed by atoms with Crippen LogP contribution < -0.4 is 5.32 Å². The minimum absolute atomic E-state index is 0.148. The molecule has 1 N–H and O–H groups in total. The highest BCUT2D eigenvalue weighted by atomic mass is 16.1. The first kappa shape index (κ1) is 16.2. The lowest BCUT2D eigenvalue weighted by Gasteiger charge is -2.08. The Morgan fingerprint density at radius 2 is 2.12 bits per heavy atom. The summed E-state index contributed by atoms with van der Waals surface area (Å²) in [7, 11) is 0. The van der Waals surface area contributed by atoms with Crippen molar-refractivity contribution >= 4 is 11.6 Å². The molecule has 0 saturated heterocycles. The van der Waals surface area contributed by atoms with Crippen molar-refractivity contribution in [3.63, 3.8) is 0 Å². The molecule has 0 bridgehead atoms. The number of aromatic nitrogens is 3. The molecule has 0 spiro atoms. The molecule has 2 aromatic rings. The number of allylic oxidation sites excluding steroid dienone is 3. The smallest absolute Gasteiger partial charge is 0.248 e. The van der Waals surface area contributed by atoms with E-state index < -0.39 is 0 Å². The fourth-order valence-corrected chi connectivity index (χ4v) is 2.87. The van der Waals surface area contributed by atoms with Gasteiger partial charge in [0.2, 0.25) is 5.91 Å². The number of hydrogen-bond acceptors (Lipinski definition) is 3. The van der Waals surface area contributed by atoms with E-state index in [4.69, 9.17) is 0 Å². The van der Waals surface area contributed by atoms with Gasteiger partial charge in [-0.3, -0.25) is 4.79 Å². The number of carbonyl (C=O) groups is 1. The maximum absolute atomic E-state index is 11.9. The molecule has 1 aromatic heterocycles. The maximum Gasteiger partial charge on any atom is 0.248 e. The van der Waals surface area contributed by atoms with Crippen molar-refractivity contribution in [2.45, 2.75) is 39.2 Å². The number of aryl methyl sites for hydroxylation is 1. The Labute approximate surface area is 142 Å². The normalized spacial score (nSPS) is 14.7. The van der Waals surface area contributed by atoms with E-state index in [0.717, 1.165) is 42.3 Å². The number of nitrogens with one attached hydrogen (secondary N) is 1. The van der Waals surface area contributed by atoms with Crippen LogP contribution in [0.1, 0.15) is 32.0 Å². The molecule has 1 aromatic carbocycles. The van der Waals surface area contributed by atoms with E-state index in [2.05, 4.69) is 20.1 Å². The number of fused-ring (bicyclic) bond motifs is 1. The molecule has 5 nitrogen and oxygen atoms in total. The van der Waals surface area contributed by atoms with E-state index in [1.807, 2.05) is 43.3 Å². The molecule has 0 aliphatic carbocycles. The van der Waals surface area contributed by atoms with Crippen LogP contribution >= 0.6 is 0 Å². The highest BCUT2D eigenvalue weighted by molar-refractivity contribution is 5.99. The van der Waals surface area contributed by atoms with Gasteiger partial charge in [0.05, 0.1) is 0 Å². The maximum atomic E-state index is 11.9. The fourth-order valence-electron chi connectivity index (χ4n) is 2.87. The van der Waals surface area contributed by atoms with Gasteiger partial charge < -0.3 is 9.88 Å². The molecule has 0 radical (unpaired) electrons. The Bertz CT molecular complexity index is 773. The van der Waals surface area contributed by atoms with Gasteiger partial charge in [0.15, 0.2) is 5.82 Å². The van der Waals surface area contributed by atoms with Gasteiger partial charge >= 0.3 is 0 Å². The summed E-state index contributed by atoms with van der Waals surface area (Å²) in [5, 5.41) is 11.6. The van der Waals surface area contributed by atoms with Gasteiger partial charge in [0, 0.05) is 30.3 Å². The van der Waals surface area contributed by atoms with E-state index in [1.54, 1.807) is 6.08 Å². The van der Waals surface area contributed by atoms with Crippen molar-refractivity contribution in [3.05, 3.63) is 54.4 Å². The number of rotatable bonds is 4. The van der Waals surface area contributed by atoms with E-state index in [1.165, 1.54) is 18.9 Å². The van der Waals surface area contributed by atoms with Crippen LogP contribution in [0, 0.1) is 0 Å². The number of benzene rings is 1. The van der Waals surface area contributed by atoms with Crippen molar-refractivity contribution in [2.24, 2.45) is 0 Å². The molecule has 1 aliphatic heterocycles. The fraction of sp³-hybridized carbons (Fsp3) is 0.316. The average molecular weight is 322 g/mol. The van der Waals surface area contributed by atoms with Crippen LogP contribution in [0.15, 0.2) is 48.6 Å². The van der Waals surface area contributed by atoms with Crippen LogP contribution in [0.25, 0.3) is 11.4 Å². The van der Waals surface area contributed by atoms with E-state index in [0.29, 0.717) is 0 Å². The highest BCUT2D eigenvalue weighted by Crippen LogP contribution is 2.24. The summed E-state index contributed by atoms with van der Waals surface area (Å²) in [5.74, 6) is 1.80. The Kier molecular flexibility index (Phi) is 5.21. The molecule has 2 heterocycles. The first-order valence-electron chi connectivity index (χ1n) is 8.41. The molecule has 0 atom stereocenters. The summed E-state index contributed by atoms with van der Waals surface area (Å²) in [6.45, 7) is 2.87. The molecule has 0 unspecified atom stereocenters. The first-order valence-corrected chi connectivity index (χ1v) is 8.41. The SMILES string of the molecule is C/C=C/C=C/C(=O)Nc1cccc(-c2nnc3n2CCCCC3)c1. The van der Waals surface area contributed by atoms with Gasteiger partial charge in [0.25, 0.3) is 0 Å². The zero-order valence-corrected chi connectivity index (χ0v) is 13.9. The van der Waals surface area contributed by atoms with Crippen LogP contribution in [0.5, 0.6) is 0 Å². The average Bonchev–Trinajstić information content (AvgIpc) is 2.84. The topological polar surface area (TPSA) is 59.8 Å². The third-order valence-electron chi connectivity index (χ3n) is 4.05. The van der Waals surface area contributed by atoms with Crippen molar-refractivity contribution < 1.29 is 4.79 Å². The minimum Gasteiger partial charge on any atom is -0.322 e. The van der Waals surface area contributed by atoms with Gasteiger partial charge in [0.1, 0.15) is 5.82 Å². The summed E-state index contributed by atoms with van der Waals surface area (Å²) in [4.78, 5) is 11.9. The molecule has 3 rings (SSSR count). The molecule has 24 heavy (non-hydrogen) atoms. The summed E-state index contributed by atoms with van der Waals surface area (Å²) in [6, 6.07) is 7.76. The summed E-state index contributed by atoms with van der Waals surface area (Å²) in [6.07, 6.45) is 11.5. The first-order chi connectivity index (χ1) is 11.8. The lowest BCUT2D eigenvalue weighted by atomic mass is 10.2. The standard InChI is InChI=1S/C19H22N4O/c1-2-3-5-12-18(24)20-16-10-8-9-15(14-16)19-22-21-17-11-6-4-7-13-23(17)19/h2-3,5,8-10,12,14H,4,6-7,11,13H2,1H3,(H,20,24)/b3-2+,12-5+. The number of hydrogen-bond donors (Lipinski definition) is 1. The third-order valence-corrected chi connectivity index (χ3v) is 4.05. The molecule has 5 heteroatoms. The van der Waals surface area contributed by atoms with Gasteiger partial charge in [-0.15, -0.1) is 10.2 Å². The predicted octanol–water partition coefficient (Wildman–Crippen LogP) is 3.74. The van der Waals surface area contributed by atoms with Crippen molar-refractivity contribution in [2.75, 3.05) is 5.32 Å². The number of nitrogens with zero attached hydrogens (tertiary/aromatic N) is 3. The monoisotopic (exact) mass is 322 g/mol. The predicted molar refractivity (Wildman–Crippen MR) is 95.6 cm³/mol. The van der Waals surface area contributed by atoms with Gasteiger partial charge in [-0.1, -0.05) is 36.8 Å². The molecule has 124 valence electrons. The van der Waals surface area contributed by atoms with Crippen LogP contribution in [0.2, 0.25) is 0 Å². The third kappa shape index (κ3) is 3.79. The van der Waals surface area contributed by atoms with Crippen LogP contribution in [0.4, 0.5) is 5.69 Å². The molecule has 1 aliphatic rings. The summed E-state index contributed by atoms with van der Waals surface area (Å²) >= 11 is 0. The van der Waals surface area contributed by atoms with Gasteiger partial charge in [-0.25, -0.2) is 0 Å². The zero-order valence-electron chi connectivity index (χ0n) is 13.9. The Hall–Kier alpha value is -2.69. The second-order valence-corrected chi connectivity index (χ2v) is 5.86.